The zero-order chi connectivity index (χ0) is 24.3. The number of nitrogens with one attached hydrogen (secondary N) is 1. The summed E-state index contributed by atoms with van der Waals surface area (Å²) in [7, 11) is -7.88. The van der Waals surface area contributed by atoms with Crippen LogP contribution in [0.15, 0.2) is 46.4 Å². The van der Waals surface area contributed by atoms with E-state index in [1.54, 1.807) is 25.1 Å². The predicted molar refractivity (Wildman–Crippen MR) is 117 cm³/mol. The van der Waals surface area contributed by atoms with Gasteiger partial charge in [-0.05, 0) is 48.9 Å². The van der Waals surface area contributed by atoms with Crippen molar-refractivity contribution in [2.24, 2.45) is 5.10 Å². The minimum atomic E-state index is -4.64. The molecule has 0 aliphatic rings. The number of anilines is 2. The number of rotatable bonds is 10. The molecule has 2 aromatic carbocycles. The zero-order valence-corrected chi connectivity index (χ0v) is 25.4. The van der Waals surface area contributed by atoms with Gasteiger partial charge in [-0.1, -0.05) is 11.6 Å². The van der Waals surface area contributed by atoms with E-state index in [-0.39, 0.29) is 64.8 Å². The molecule has 0 heterocycles. The first-order chi connectivity index (χ1) is 14.8. The number of sulfonamides is 1. The van der Waals surface area contributed by atoms with E-state index < -0.39 is 48.9 Å². The smallest absolute Gasteiger partial charge is 0.748 e. The molecule has 11 nitrogen and oxygen atoms in total. The summed E-state index contributed by atoms with van der Waals surface area (Å²) < 4.78 is 58.4. The Morgan fingerprint density at radius 1 is 1.15 bits per heavy atom. The van der Waals surface area contributed by atoms with E-state index in [9.17, 15) is 31.3 Å². The van der Waals surface area contributed by atoms with Gasteiger partial charge in [0.1, 0.15) is 0 Å². The number of hydrazone groups is 1. The number of nitrogens with zero attached hydrogens (tertiary/aromatic N) is 3. The van der Waals surface area contributed by atoms with Crippen LogP contribution in [0.1, 0.15) is 15.9 Å². The van der Waals surface area contributed by atoms with Gasteiger partial charge < -0.3 is 14.5 Å². The second kappa shape index (κ2) is 13.6. The van der Waals surface area contributed by atoms with E-state index in [0.717, 1.165) is 29.9 Å². The number of hydrogen-bond acceptors (Lipinski definition) is 10. The largest absolute Gasteiger partial charge is 1.00 e. The maximum absolute atomic E-state index is 12.7. The summed E-state index contributed by atoms with van der Waals surface area (Å²) in [6, 6.07) is 8.02. The van der Waals surface area contributed by atoms with Crippen LogP contribution in [0.3, 0.4) is 0 Å². The number of aromatic carboxylic acids is 1. The van der Waals surface area contributed by atoms with Crippen LogP contribution in [0, 0.1) is 6.92 Å². The molecule has 0 radical (unpaired) electrons. The number of carboxylic acids is 1. The van der Waals surface area contributed by atoms with E-state index >= 15 is 0 Å². The summed E-state index contributed by atoms with van der Waals surface area (Å²) in [4.78, 5) is 11.3. The molecule has 1 N–H and O–H groups in total. The Bertz CT molecular complexity index is 1260. The van der Waals surface area contributed by atoms with E-state index in [1.165, 1.54) is 6.07 Å². The number of carbonyl (C=O) groups is 1. The van der Waals surface area contributed by atoms with Crippen molar-refractivity contribution in [1.29, 1.82) is 0 Å². The van der Waals surface area contributed by atoms with Crippen LogP contribution >= 0.6 is 11.6 Å². The van der Waals surface area contributed by atoms with Crippen molar-refractivity contribution in [1.82, 2.24) is 4.31 Å². The monoisotopic (exact) mass is 548 g/mol. The van der Waals surface area contributed by atoms with E-state index in [4.69, 9.17) is 11.6 Å². The minimum absolute atomic E-state index is 0. The van der Waals surface area contributed by atoms with Crippen LogP contribution in [-0.2, 0) is 20.1 Å². The van der Waals surface area contributed by atoms with Gasteiger partial charge in [-0.15, -0.1) is 0 Å². The average Bonchev–Trinajstić information content (AvgIpc) is 2.70. The SMILES string of the molecule is C=NN(Nc1ccc(Cl)cc1C)c1ccc(S(=O)(=O)N(C)CCS(=O)(=O)[O-])cc1C(=O)[O-].[Na+].[Na+]. The molecule has 2 rings (SSSR count). The van der Waals surface area contributed by atoms with Crippen molar-refractivity contribution in [2.75, 3.05) is 29.9 Å². The van der Waals surface area contributed by atoms with Gasteiger partial charge in [-0.2, -0.15) is 14.5 Å². The molecule has 34 heavy (non-hydrogen) atoms. The topological polar surface area (TPSA) is 162 Å². The predicted octanol–water partition coefficient (Wildman–Crippen LogP) is -5.37. The van der Waals surface area contributed by atoms with Gasteiger partial charge in [0.25, 0.3) is 0 Å². The Morgan fingerprint density at radius 3 is 2.26 bits per heavy atom. The molecule has 0 unspecified atom stereocenters. The Hall–Kier alpha value is -0.710. The first-order valence-electron chi connectivity index (χ1n) is 8.81. The summed E-state index contributed by atoms with van der Waals surface area (Å²) in [5, 5.41) is 17.0. The Kier molecular flexibility index (Phi) is 13.3. The molecule has 0 aliphatic heterocycles. The van der Waals surface area contributed by atoms with Gasteiger partial charge in [0.15, 0.2) is 0 Å². The molecule has 0 bridgehead atoms. The number of carboxylic acid groups (broad SMARTS) is 1. The molecule has 0 saturated carbocycles. The van der Waals surface area contributed by atoms with Crippen molar-refractivity contribution >= 4 is 55.8 Å². The van der Waals surface area contributed by atoms with Gasteiger partial charge in [0.2, 0.25) is 10.0 Å². The first-order valence-corrected chi connectivity index (χ1v) is 12.2. The molecule has 0 aliphatic carbocycles. The number of carbonyl (C=O) groups excluding carboxylic acids is 1. The Morgan fingerprint density at radius 2 is 1.76 bits per heavy atom. The van der Waals surface area contributed by atoms with Crippen molar-refractivity contribution in [2.45, 2.75) is 11.8 Å². The van der Waals surface area contributed by atoms with Crippen LogP contribution < -0.4 is 74.8 Å². The second-order valence-electron chi connectivity index (χ2n) is 6.58. The first kappa shape index (κ1) is 33.3. The van der Waals surface area contributed by atoms with E-state index in [0.29, 0.717) is 15.0 Å². The van der Waals surface area contributed by atoms with Crippen molar-refractivity contribution in [3.63, 3.8) is 0 Å². The van der Waals surface area contributed by atoms with E-state index in [1.807, 2.05) is 0 Å². The standard InChI is InChI=1S/C18H21ClN4O7S2.2Na/c1-12-10-13(19)4-6-16(12)21-23(20-2)17-7-5-14(11-15(17)18(24)25)32(29,30)22(3)8-9-31(26,27)28;;/h4-7,10-11,21H,2,8-9H2,1,3H3,(H,24,25)(H,26,27,28);;/q;2*+1/p-2. The fourth-order valence-corrected chi connectivity index (χ4v) is 4.64. The van der Waals surface area contributed by atoms with Crippen molar-refractivity contribution in [3.8, 4) is 0 Å². The molecule has 0 fully saturated rings. The molecule has 0 atom stereocenters. The summed E-state index contributed by atoms with van der Waals surface area (Å²) in [6.45, 7) is 4.54. The maximum Gasteiger partial charge on any atom is 1.00 e. The number of benzene rings is 2. The van der Waals surface area contributed by atoms with Gasteiger partial charge in [-0.25, -0.2) is 16.8 Å². The molecule has 0 aromatic heterocycles. The van der Waals surface area contributed by atoms with Crippen molar-refractivity contribution < 1.29 is 90.4 Å². The van der Waals surface area contributed by atoms with Gasteiger partial charge >= 0.3 is 59.1 Å². The van der Waals surface area contributed by atoms with Gasteiger partial charge in [-0.3, -0.25) is 5.43 Å². The third-order valence-electron chi connectivity index (χ3n) is 4.34. The van der Waals surface area contributed by atoms with Gasteiger partial charge in [0.05, 0.1) is 38.1 Å². The summed E-state index contributed by atoms with van der Waals surface area (Å²) in [5.74, 6) is -2.63. The Balaban J connectivity index is 0.00000544. The maximum atomic E-state index is 12.7. The minimum Gasteiger partial charge on any atom is -0.748 e. The number of hydrogen-bond donors (Lipinski definition) is 1. The van der Waals surface area contributed by atoms with Crippen LogP contribution in [0.4, 0.5) is 11.4 Å². The van der Waals surface area contributed by atoms with Crippen LogP contribution in [0.2, 0.25) is 5.02 Å². The molecule has 0 amide bonds. The molecule has 2 aromatic rings. The van der Waals surface area contributed by atoms with Crippen molar-refractivity contribution in [3.05, 3.63) is 52.5 Å². The molecule has 0 spiro atoms. The fourth-order valence-electron chi connectivity index (χ4n) is 2.60. The number of halogens is 1. The molecule has 16 heteroatoms. The zero-order valence-electron chi connectivity index (χ0n) is 19.0. The van der Waals surface area contributed by atoms with E-state index in [2.05, 4.69) is 17.2 Å². The van der Waals surface area contributed by atoms with Crippen LogP contribution in [0.25, 0.3) is 0 Å². The van der Waals surface area contributed by atoms with Crippen LogP contribution in [0.5, 0.6) is 0 Å². The summed E-state index contributed by atoms with van der Waals surface area (Å²) in [6.07, 6.45) is 0. The quantitative estimate of drug-likeness (QED) is 0.132. The fraction of sp³-hybridized carbons (Fsp3) is 0.222. The normalized spacial score (nSPS) is 11.2. The third-order valence-corrected chi connectivity index (χ3v) is 7.11. The Labute approximate surface area is 247 Å². The third kappa shape index (κ3) is 8.75. The number of hydrazine groups is 1. The number of aryl methyl sites for hydroxylation is 1. The summed E-state index contributed by atoms with van der Waals surface area (Å²) in [5.41, 5.74) is 3.50. The molecule has 174 valence electrons. The average molecular weight is 549 g/mol. The molecular weight excluding hydrogens is 530 g/mol. The molecule has 0 saturated heterocycles. The second-order valence-corrected chi connectivity index (χ2v) is 10.6. The van der Waals surface area contributed by atoms with Gasteiger partial charge in [0, 0.05) is 30.9 Å². The summed E-state index contributed by atoms with van der Waals surface area (Å²) >= 11 is 5.93. The molecular formula is C18H19ClN4Na2O7S2. The van der Waals surface area contributed by atoms with Crippen LogP contribution in [-0.4, -0.2) is 57.7 Å².